The van der Waals surface area contributed by atoms with Crippen LogP contribution in [0.3, 0.4) is 0 Å². The quantitative estimate of drug-likeness (QED) is 0.642. The molecule has 2 aromatic heterocycles. The maximum atomic E-state index is 12.4. The summed E-state index contributed by atoms with van der Waals surface area (Å²) in [5.41, 5.74) is 1.86. The van der Waals surface area contributed by atoms with E-state index in [-0.39, 0.29) is 17.5 Å². The molecular weight excluding hydrogens is 396 g/mol. The van der Waals surface area contributed by atoms with Gasteiger partial charge in [0.25, 0.3) is 11.5 Å². The van der Waals surface area contributed by atoms with E-state index in [0.29, 0.717) is 47.8 Å². The number of nitrogens with one attached hydrogen (secondary N) is 2. The Labute approximate surface area is 178 Å². The predicted octanol–water partition coefficient (Wildman–Crippen LogP) is 1.16. The van der Waals surface area contributed by atoms with Crippen LogP contribution < -0.4 is 10.9 Å². The Balaban J connectivity index is 1.45. The summed E-state index contributed by atoms with van der Waals surface area (Å²) in [4.78, 5) is 31.3. The van der Waals surface area contributed by atoms with Crippen molar-refractivity contribution in [2.45, 2.75) is 6.04 Å². The van der Waals surface area contributed by atoms with Crippen LogP contribution in [0.25, 0.3) is 16.9 Å². The molecule has 3 aromatic rings. The Morgan fingerprint density at radius 2 is 2.13 bits per heavy atom. The third kappa shape index (κ3) is 4.55. The smallest absolute Gasteiger partial charge is 0.272 e. The summed E-state index contributed by atoms with van der Waals surface area (Å²) in [5.74, 6) is 0.270. The van der Waals surface area contributed by atoms with Crippen LogP contribution in [0.5, 0.6) is 0 Å². The van der Waals surface area contributed by atoms with Crippen LogP contribution >= 0.6 is 0 Å². The van der Waals surface area contributed by atoms with E-state index in [1.807, 2.05) is 7.05 Å². The largest absolute Gasteiger partial charge is 0.378 e. The number of H-pyrrole nitrogens is 1. The molecule has 4 rings (SSSR count). The van der Waals surface area contributed by atoms with Gasteiger partial charge in [-0.15, -0.1) is 0 Å². The van der Waals surface area contributed by atoms with Crippen molar-refractivity contribution in [3.05, 3.63) is 70.3 Å². The van der Waals surface area contributed by atoms with Gasteiger partial charge in [0.1, 0.15) is 0 Å². The van der Waals surface area contributed by atoms with E-state index in [0.717, 1.165) is 6.54 Å². The lowest BCUT2D eigenvalue weighted by molar-refractivity contribution is 0.00668. The van der Waals surface area contributed by atoms with E-state index < -0.39 is 0 Å². The second-order valence-corrected chi connectivity index (χ2v) is 7.37. The third-order valence-electron chi connectivity index (χ3n) is 5.33. The minimum absolute atomic E-state index is 0.149. The lowest BCUT2D eigenvalue weighted by Crippen LogP contribution is -2.49. The van der Waals surface area contributed by atoms with E-state index in [9.17, 15) is 9.59 Å². The Kier molecular flexibility index (Phi) is 5.93. The number of aromatic nitrogens is 3. The minimum atomic E-state index is -0.271. The molecule has 1 unspecified atom stereocenters. The lowest BCUT2D eigenvalue weighted by atomic mass is 10.1. The Morgan fingerprint density at radius 3 is 2.81 bits per heavy atom. The Hall–Kier alpha value is -3.74. The Bertz CT molecular complexity index is 1160. The van der Waals surface area contributed by atoms with E-state index in [2.05, 4.69) is 26.4 Å². The van der Waals surface area contributed by atoms with Crippen molar-refractivity contribution in [3.8, 4) is 23.0 Å². The maximum Gasteiger partial charge on any atom is 0.272 e. The molecule has 1 aromatic carbocycles. The van der Waals surface area contributed by atoms with E-state index >= 15 is 0 Å². The summed E-state index contributed by atoms with van der Waals surface area (Å²) in [6.45, 7) is 2.64. The van der Waals surface area contributed by atoms with Crippen LogP contribution in [0.15, 0.2) is 53.6 Å². The molecule has 0 radical (unpaired) electrons. The number of carbonyl (C=O) groups is 1. The maximum absolute atomic E-state index is 12.4. The monoisotopic (exact) mass is 418 g/mol. The molecule has 31 heavy (non-hydrogen) atoms. The van der Waals surface area contributed by atoms with Gasteiger partial charge in [0.15, 0.2) is 5.82 Å². The second-order valence-electron chi connectivity index (χ2n) is 7.37. The predicted molar refractivity (Wildman–Crippen MR) is 114 cm³/mol. The van der Waals surface area contributed by atoms with Gasteiger partial charge in [-0.25, -0.2) is 9.67 Å². The van der Waals surface area contributed by atoms with Crippen molar-refractivity contribution in [2.75, 3.05) is 33.4 Å². The first-order chi connectivity index (χ1) is 15.0. The number of pyridine rings is 1. The van der Waals surface area contributed by atoms with Crippen molar-refractivity contribution in [1.29, 1.82) is 5.26 Å². The molecule has 1 atom stereocenters. The summed E-state index contributed by atoms with van der Waals surface area (Å²) >= 11 is 0. The number of morpholine rings is 1. The minimum Gasteiger partial charge on any atom is -0.378 e. The number of ether oxygens (including phenoxy) is 1. The molecule has 0 spiro atoms. The van der Waals surface area contributed by atoms with Gasteiger partial charge in [0.05, 0.1) is 42.0 Å². The molecule has 0 bridgehead atoms. The normalized spacial score (nSPS) is 16.6. The number of benzene rings is 1. The highest BCUT2D eigenvalue weighted by Gasteiger charge is 2.20. The number of hydrogen-bond donors (Lipinski definition) is 2. The number of aromatic amines is 1. The highest BCUT2D eigenvalue weighted by Crippen LogP contribution is 2.17. The molecular formula is C22H22N6O3. The van der Waals surface area contributed by atoms with Crippen molar-refractivity contribution < 1.29 is 9.53 Å². The number of likely N-dealkylation sites (N-methyl/N-ethyl adjacent to an activating group) is 1. The fraction of sp³-hybridized carbons (Fsp3) is 0.273. The summed E-state index contributed by atoms with van der Waals surface area (Å²) in [6, 6.07) is 12.3. The fourth-order valence-corrected chi connectivity index (χ4v) is 3.37. The zero-order valence-electron chi connectivity index (χ0n) is 17.0. The topological polar surface area (TPSA) is 116 Å². The highest BCUT2D eigenvalue weighted by atomic mass is 16.5. The first kappa shape index (κ1) is 20.5. The van der Waals surface area contributed by atoms with E-state index in [1.165, 1.54) is 10.9 Å². The average Bonchev–Trinajstić information content (AvgIpc) is 3.20. The van der Waals surface area contributed by atoms with Crippen molar-refractivity contribution in [3.63, 3.8) is 0 Å². The molecule has 1 saturated heterocycles. The molecule has 9 nitrogen and oxygen atoms in total. The molecule has 1 fully saturated rings. The van der Waals surface area contributed by atoms with Crippen LogP contribution in [-0.2, 0) is 4.74 Å². The number of carbonyl (C=O) groups excluding carboxylic acids is 1. The third-order valence-corrected chi connectivity index (χ3v) is 5.33. The van der Waals surface area contributed by atoms with E-state index in [4.69, 9.17) is 10.00 Å². The summed E-state index contributed by atoms with van der Waals surface area (Å²) in [7, 11) is 2.01. The van der Waals surface area contributed by atoms with Crippen LogP contribution in [0.4, 0.5) is 0 Å². The van der Waals surface area contributed by atoms with Crippen molar-refractivity contribution >= 4 is 5.91 Å². The van der Waals surface area contributed by atoms with Gasteiger partial charge in [0, 0.05) is 25.5 Å². The van der Waals surface area contributed by atoms with Crippen LogP contribution in [-0.4, -0.2) is 65.0 Å². The zero-order chi connectivity index (χ0) is 21.8. The number of hydrogen-bond acceptors (Lipinski definition) is 6. The van der Waals surface area contributed by atoms with Gasteiger partial charge in [-0.3, -0.25) is 19.6 Å². The molecule has 2 N–H and O–H groups in total. The summed E-state index contributed by atoms with van der Waals surface area (Å²) in [5, 5.41) is 14.6. The number of rotatable bonds is 5. The molecule has 1 aliphatic rings. The second kappa shape index (κ2) is 8.95. The standard InChI is InChI=1S/C22H22N6O3/c1-27-8-9-31-14-18(27)12-25-21(29)17-6-7-20(24-11-17)28-13-19(22(30)26-28)16-4-2-15(10-23)3-5-16/h2-7,11,13,18H,8-9,12,14H2,1H3,(H,25,29)(H,26,30). The van der Waals surface area contributed by atoms with Gasteiger partial charge in [0.2, 0.25) is 0 Å². The van der Waals surface area contributed by atoms with Crippen LogP contribution in [0, 0.1) is 11.3 Å². The summed E-state index contributed by atoms with van der Waals surface area (Å²) < 4.78 is 6.96. The van der Waals surface area contributed by atoms with Gasteiger partial charge in [-0.05, 0) is 36.9 Å². The zero-order valence-corrected chi connectivity index (χ0v) is 17.0. The SMILES string of the molecule is CN1CCOCC1CNC(=O)c1ccc(-n2cc(-c3ccc(C#N)cc3)c(=O)[nH]2)nc1. The van der Waals surface area contributed by atoms with E-state index in [1.54, 1.807) is 42.6 Å². The van der Waals surface area contributed by atoms with Crippen LogP contribution in [0.2, 0.25) is 0 Å². The fourth-order valence-electron chi connectivity index (χ4n) is 3.37. The highest BCUT2D eigenvalue weighted by molar-refractivity contribution is 5.93. The van der Waals surface area contributed by atoms with Gasteiger partial charge >= 0.3 is 0 Å². The molecule has 1 aliphatic heterocycles. The summed E-state index contributed by atoms with van der Waals surface area (Å²) in [6.07, 6.45) is 3.12. The molecule has 158 valence electrons. The first-order valence-corrected chi connectivity index (χ1v) is 9.90. The van der Waals surface area contributed by atoms with Gasteiger partial charge < -0.3 is 10.1 Å². The molecule has 9 heteroatoms. The average molecular weight is 418 g/mol. The molecule has 0 aliphatic carbocycles. The van der Waals surface area contributed by atoms with Crippen LogP contribution in [0.1, 0.15) is 15.9 Å². The number of nitrogens with zero attached hydrogens (tertiary/aromatic N) is 4. The van der Waals surface area contributed by atoms with Crippen molar-refractivity contribution in [2.24, 2.45) is 0 Å². The number of nitriles is 1. The number of amides is 1. The first-order valence-electron chi connectivity index (χ1n) is 9.90. The van der Waals surface area contributed by atoms with Gasteiger partial charge in [-0.1, -0.05) is 12.1 Å². The van der Waals surface area contributed by atoms with Crippen molar-refractivity contribution in [1.82, 2.24) is 25.0 Å². The molecule has 3 heterocycles. The Morgan fingerprint density at radius 1 is 1.32 bits per heavy atom. The van der Waals surface area contributed by atoms with Gasteiger partial charge in [-0.2, -0.15) is 5.26 Å². The molecule has 0 saturated carbocycles. The molecule has 1 amide bonds. The lowest BCUT2D eigenvalue weighted by Gasteiger charge is -2.32.